The van der Waals surface area contributed by atoms with E-state index in [9.17, 15) is 15.0 Å². The van der Waals surface area contributed by atoms with Crippen LogP contribution in [0.3, 0.4) is 0 Å². The Hall–Kier alpha value is -0.690. The third-order valence-corrected chi connectivity index (χ3v) is 4.17. The minimum atomic E-state index is -1.18. The molecule has 0 bridgehead atoms. The average Bonchev–Trinajstić information content (AvgIpc) is 2.51. The fourth-order valence-electron chi connectivity index (χ4n) is 2.69. The van der Waals surface area contributed by atoms with E-state index in [1.165, 1.54) is 25.7 Å². The predicted molar refractivity (Wildman–Crippen MR) is 83.4 cm³/mol. The fraction of sp³-hybridized carbons (Fsp3) is 0.938. The summed E-state index contributed by atoms with van der Waals surface area (Å²) in [7, 11) is 0. The first kappa shape index (κ1) is 19.4. The Morgan fingerprint density at radius 3 is 2.36 bits per heavy atom. The molecule has 4 atom stereocenters. The van der Waals surface area contributed by atoms with E-state index in [1.54, 1.807) is 0 Å². The van der Waals surface area contributed by atoms with Gasteiger partial charge in [-0.3, -0.25) is 4.79 Å². The molecular weight excluding hydrogens is 286 g/mol. The van der Waals surface area contributed by atoms with Gasteiger partial charge in [-0.2, -0.15) is 0 Å². The van der Waals surface area contributed by atoms with Gasteiger partial charge in [0.25, 0.3) is 0 Å². The molecule has 6 heteroatoms. The predicted octanol–water partition coefficient (Wildman–Crippen LogP) is 0.725. The molecule has 6 nitrogen and oxygen atoms in total. The Kier molecular flexibility index (Phi) is 9.63. The number of amides is 1. The summed E-state index contributed by atoms with van der Waals surface area (Å²) >= 11 is 0. The zero-order valence-electron chi connectivity index (χ0n) is 13.5. The van der Waals surface area contributed by atoms with E-state index in [0.717, 1.165) is 19.3 Å². The summed E-state index contributed by atoms with van der Waals surface area (Å²) in [6.45, 7) is 1.94. The molecule has 4 N–H and O–H groups in total. The summed E-state index contributed by atoms with van der Waals surface area (Å²) in [6, 6.07) is -0.616. The van der Waals surface area contributed by atoms with Crippen molar-refractivity contribution in [1.29, 1.82) is 0 Å². The highest BCUT2D eigenvalue weighted by Gasteiger charge is 2.38. The van der Waals surface area contributed by atoms with E-state index >= 15 is 0 Å². The largest absolute Gasteiger partial charge is 0.394 e. The lowest BCUT2D eigenvalue weighted by molar-refractivity contribution is -0.164. The summed E-state index contributed by atoms with van der Waals surface area (Å²) in [5.41, 5.74) is 0. The van der Waals surface area contributed by atoms with E-state index in [0.29, 0.717) is 6.42 Å². The summed E-state index contributed by atoms with van der Waals surface area (Å²) < 4.78 is 5.23. The maximum Gasteiger partial charge on any atom is 0.220 e. The number of carbonyl (C=O) groups excluding carboxylic acids is 1. The van der Waals surface area contributed by atoms with Crippen molar-refractivity contribution in [2.75, 3.05) is 13.2 Å². The molecule has 22 heavy (non-hydrogen) atoms. The first-order chi connectivity index (χ1) is 10.6. The van der Waals surface area contributed by atoms with Crippen LogP contribution in [-0.2, 0) is 9.53 Å². The van der Waals surface area contributed by atoms with Crippen LogP contribution in [0.15, 0.2) is 0 Å². The van der Waals surface area contributed by atoms with Crippen LogP contribution in [0.1, 0.15) is 58.3 Å². The highest BCUT2D eigenvalue weighted by Crippen LogP contribution is 2.15. The van der Waals surface area contributed by atoms with Gasteiger partial charge in [0, 0.05) is 6.42 Å². The zero-order chi connectivity index (χ0) is 16.4. The smallest absolute Gasteiger partial charge is 0.220 e. The minimum absolute atomic E-state index is 0.103. The molecule has 1 aliphatic rings. The molecule has 1 heterocycles. The Labute approximate surface area is 132 Å². The monoisotopic (exact) mass is 317 g/mol. The number of ether oxygens (including phenoxy) is 1. The first-order valence-electron chi connectivity index (χ1n) is 8.48. The average molecular weight is 317 g/mol. The summed E-state index contributed by atoms with van der Waals surface area (Å²) in [4.78, 5) is 11.8. The van der Waals surface area contributed by atoms with E-state index < -0.39 is 24.4 Å². The lowest BCUT2D eigenvalue weighted by Gasteiger charge is -2.37. The standard InChI is InChI=1S/C16H31NO5/c1-2-3-4-5-6-7-8-9-14(19)17-12-11-22-13(10-18)16(21)15(12)20/h12-13,15-16,18,20-21H,2-11H2,1H3,(H,17,19)/t12-,13+,15-,16+/m0/s1. The molecular formula is C16H31NO5. The van der Waals surface area contributed by atoms with Gasteiger partial charge < -0.3 is 25.4 Å². The summed E-state index contributed by atoms with van der Waals surface area (Å²) in [6.07, 6.45) is 5.37. The van der Waals surface area contributed by atoms with Gasteiger partial charge in [-0.15, -0.1) is 0 Å². The Morgan fingerprint density at radius 2 is 1.73 bits per heavy atom. The zero-order valence-corrected chi connectivity index (χ0v) is 13.5. The Balaban J connectivity index is 2.14. The molecule has 1 aliphatic heterocycles. The third kappa shape index (κ3) is 6.60. The van der Waals surface area contributed by atoms with Crippen LogP contribution in [0.25, 0.3) is 0 Å². The van der Waals surface area contributed by atoms with Crippen molar-refractivity contribution in [2.24, 2.45) is 0 Å². The molecule has 0 aliphatic carbocycles. The van der Waals surface area contributed by atoms with E-state index in [2.05, 4.69) is 12.2 Å². The van der Waals surface area contributed by atoms with Crippen molar-refractivity contribution in [3.8, 4) is 0 Å². The number of rotatable bonds is 10. The molecule has 1 fully saturated rings. The molecule has 1 saturated heterocycles. The second-order valence-electron chi connectivity index (χ2n) is 6.08. The SMILES string of the molecule is CCCCCCCCCC(=O)N[C@H]1CO[C@H](CO)[C@@H](O)[C@H]1O. The lowest BCUT2D eigenvalue weighted by atomic mass is 9.98. The number of aliphatic hydroxyl groups excluding tert-OH is 3. The van der Waals surface area contributed by atoms with Crippen LogP contribution < -0.4 is 5.32 Å². The van der Waals surface area contributed by atoms with Gasteiger partial charge in [-0.25, -0.2) is 0 Å². The highest BCUT2D eigenvalue weighted by molar-refractivity contribution is 5.76. The van der Waals surface area contributed by atoms with Crippen LogP contribution in [0, 0.1) is 0 Å². The lowest BCUT2D eigenvalue weighted by Crippen LogP contribution is -2.59. The maximum absolute atomic E-state index is 11.8. The minimum Gasteiger partial charge on any atom is -0.394 e. The number of hydrogen-bond donors (Lipinski definition) is 4. The molecule has 0 spiro atoms. The Bertz CT molecular complexity index is 313. The van der Waals surface area contributed by atoms with Crippen molar-refractivity contribution in [1.82, 2.24) is 5.32 Å². The van der Waals surface area contributed by atoms with Crippen LogP contribution in [0.4, 0.5) is 0 Å². The quantitative estimate of drug-likeness (QED) is 0.445. The summed E-state index contributed by atoms with van der Waals surface area (Å²) in [5.74, 6) is -0.129. The number of aliphatic hydroxyl groups is 3. The normalized spacial score (nSPS) is 28.5. The van der Waals surface area contributed by atoms with Gasteiger partial charge in [-0.1, -0.05) is 45.4 Å². The van der Waals surface area contributed by atoms with Gasteiger partial charge in [0.2, 0.25) is 5.91 Å². The molecule has 0 radical (unpaired) electrons. The number of nitrogens with one attached hydrogen (secondary N) is 1. The fourth-order valence-corrected chi connectivity index (χ4v) is 2.69. The maximum atomic E-state index is 11.8. The van der Waals surface area contributed by atoms with Gasteiger partial charge in [0.1, 0.15) is 18.3 Å². The molecule has 1 amide bonds. The van der Waals surface area contributed by atoms with E-state index in [1.807, 2.05) is 0 Å². The van der Waals surface area contributed by atoms with Crippen molar-refractivity contribution in [3.05, 3.63) is 0 Å². The van der Waals surface area contributed by atoms with Gasteiger partial charge in [0.15, 0.2) is 0 Å². The number of hydrogen-bond acceptors (Lipinski definition) is 5. The second kappa shape index (κ2) is 10.9. The molecule has 0 aromatic heterocycles. The van der Waals surface area contributed by atoms with E-state index in [4.69, 9.17) is 9.84 Å². The molecule has 0 unspecified atom stereocenters. The molecule has 130 valence electrons. The Morgan fingerprint density at radius 1 is 1.09 bits per heavy atom. The van der Waals surface area contributed by atoms with Gasteiger partial charge >= 0.3 is 0 Å². The topological polar surface area (TPSA) is 99.0 Å². The van der Waals surface area contributed by atoms with E-state index in [-0.39, 0.29) is 19.1 Å². The molecule has 1 rings (SSSR count). The van der Waals surface area contributed by atoms with Crippen LogP contribution >= 0.6 is 0 Å². The van der Waals surface area contributed by atoms with Crippen molar-refractivity contribution >= 4 is 5.91 Å². The third-order valence-electron chi connectivity index (χ3n) is 4.17. The molecule has 0 aromatic carbocycles. The second-order valence-corrected chi connectivity index (χ2v) is 6.08. The molecule has 0 saturated carbocycles. The van der Waals surface area contributed by atoms with Gasteiger partial charge in [-0.05, 0) is 6.42 Å². The summed E-state index contributed by atoms with van der Waals surface area (Å²) in [5, 5.41) is 31.4. The van der Waals surface area contributed by atoms with Crippen molar-refractivity contribution in [3.63, 3.8) is 0 Å². The van der Waals surface area contributed by atoms with Crippen LogP contribution in [0.5, 0.6) is 0 Å². The van der Waals surface area contributed by atoms with Crippen LogP contribution in [-0.4, -0.2) is 58.8 Å². The first-order valence-corrected chi connectivity index (χ1v) is 8.48. The van der Waals surface area contributed by atoms with Crippen molar-refractivity contribution < 1.29 is 24.9 Å². The number of carbonyl (C=O) groups is 1. The number of unbranched alkanes of at least 4 members (excludes halogenated alkanes) is 6. The van der Waals surface area contributed by atoms with Crippen molar-refractivity contribution in [2.45, 2.75) is 82.6 Å². The molecule has 0 aromatic rings. The highest BCUT2D eigenvalue weighted by atomic mass is 16.5. The van der Waals surface area contributed by atoms with Crippen LogP contribution in [0.2, 0.25) is 0 Å². The van der Waals surface area contributed by atoms with Gasteiger partial charge in [0.05, 0.1) is 19.3 Å².